The van der Waals surface area contributed by atoms with Crippen molar-refractivity contribution < 1.29 is 23.5 Å². The normalized spacial score (nSPS) is 11.4. The average molecular weight is 490 g/mol. The monoisotopic (exact) mass is 489 g/mol. The Morgan fingerprint density at radius 1 is 0.944 bits per heavy atom. The highest BCUT2D eigenvalue weighted by Gasteiger charge is 2.37. The number of aromatic nitrogens is 2. The molecule has 6 nitrogen and oxygen atoms in total. The number of carboxylic acid groups (broad SMARTS) is 1. The lowest BCUT2D eigenvalue weighted by Gasteiger charge is -2.13. The molecule has 0 radical (unpaired) electrons. The molecule has 0 bridgehead atoms. The van der Waals surface area contributed by atoms with Gasteiger partial charge < -0.3 is 10.4 Å². The van der Waals surface area contributed by atoms with E-state index in [-0.39, 0.29) is 18.7 Å². The van der Waals surface area contributed by atoms with Crippen LogP contribution < -0.4 is 5.32 Å². The summed E-state index contributed by atoms with van der Waals surface area (Å²) >= 11 is 0. The van der Waals surface area contributed by atoms with Crippen molar-refractivity contribution in [1.29, 1.82) is 0 Å². The molecule has 3 aromatic carbocycles. The Kier molecular flexibility index (Phi) is 7.33. The van der Waals surface area contributed by atoms with Crippen LogP contribution in [0.15, 0.2) is 72.8 Å². The molecule has 0 unspecified atom stereocenters. The minimum Gasteiger partial charge on any atom is -0.477 e. The molecule has 4 aromatic rings. The molecule has 1 aromatic heterocycles. The molecule has 0 saturated carbocycles. The van der Waals surface area contributed by atoms with Crippen molar-refractivity contribution in [2.24, 2.45) is 0 Å². The van der Waals surface area contributed by atoms with Crippen LogP contribution in [0.25, 0.3) is 22.3 Å². The van der Waals surface area contributed by atoms with Gasteiger partial charge in [0, 0.05) is 24.1 Å². The minimum atomic E-state index is -3.81. The second-order valence-electron chi connectivity index (χ2n) is 8.62. The molecular formula is C28H25F2N3O3. The number of halogens is 2. The lowest BCUT2D eigenvalue weighted by Crippen LogP contribution is -2.28. The maximum absolute atomic E-state index is 13.6. The first-order valence-electron chi connectivity index (χ1n) is 11.5. The molecule has 0 saturated heterocycles. The van der Waals surface area contributed by atoms with E-state index < -0.39 is 18.3 Å². The number of amides is 1. The first-order valence-corrected chi connectivity index (χ1v) is 11.5. The highest BCUT2D eigenvalue weighted by Crippen LogP contribution is 2.27. The third-order valence-electron chi connectivity index (χ3n) is 5.84. The second kappa shape index (κ2) is 10.6. The number of fused-ring (bicyclic) bond motifs is 1. The number of aryl methyl sites for hydroxylation is 2. The number of rotatable bonds is 9. The van der Waals surface area contributed by atoms with Crippen molar-refractivity contribution in [2.75, 3.05) is 0 Å². The zero-order valence-electron chi connectivity index (χ0n) is 19.7. The second-order valence-corrected chi connectivity index (χ2v) is 8.62. The molecule has 0 spiro atoms. The Labute approximate surface area is 207 Å². The minimum absolute atomic E-state index is 0.0873. The van der Waals surface area contributed by atoms with Gasteiger partial charge in [0.05, 0.1) is 22.4 Å². The van der Waals surface area contributed by atoms with Gasteiger partial charge in [-0.1, -0.05) is 60.2 Å². The van der Waals surface area contributed by atoms with Gasteiger partial charge in [-0.2, -0.15) is 8.78 Å². The zero-order chi connectivity index (χ0) is 25.7. The highest BCUT2D eigenvalue weighted by atomic mass is 19.3. The summed E-state index contributed by atoms with van der Waals surface area (Å²) in [5.74, 6) is -6.22. The number of nitrogens with zero attached hydrogens (tertiary/aromatic N) is 2. The summed E-state index contributed by atoms with van der Waals surface area (Å²) in [5, 5.41) is 11.6. The summed E-state index contributed by atoms with van der Waals surface area (Å²) in [6, 6.07) is 22.1. The highest BCUT2D eigenvalue weighted by molar-refractivity contribution is 5.97. The third kappa shape index (κ3) is 5.89. The predicted octanol–water partition coefficient (Wildman–Crippen LogP) is 5.58. The molecule has 1 amide bonds. The van der Waals surface area contributed by atoms with Gasteiger partial charge in [0.25, 0.3) is 5.91 Å². The number of alkyl halides is 2. The van der Waals surface area contributed by atoms with Crippen LogP contribution in [0.5, 0.6) is 0 Å². The molecule has 0 aliphatic carbocycles. The first-order chi connectivity index (χ1) is 17.2. The fourth-order valence-corrected chi connectivity index (χ4v) is 3.81. The largest absolute Gasteiger partial charge is 0.477 e. The molecule has 2 N–H and O–H groups in total. The van der Waals surface area contributed by atoms with Crippen LogP contribution in [0.2, 0.25) is 0 Å². The Hall–Kier alpha value is -4.20. The number of carbonyl (C=O) groups is 2. The van der Waals surface area contributed by atoms with E-state index >= 15 is 0 Å². The van der Waals surface area contributed by atoms with Crippen molar-refractivity contribution in [2.45, 2.75) is 38.7 Å². The fraction of sp³-hybridized carbons (Fsp3) is 0.214. The Balaban J connectivity index is 1.60. The van der Waals surface area contributed by atoms with E-state index in [4.69, 9.17) is 10.1 Å². The molecular weight excluding hydrogens is 464 g/mol. The molecule has 0 fully saturated rings. The SMILES string of the molecule is Cc1ccc(CNC(=O)c2ccc3nc(-c4ccccc4)c(CCCC(F)(F)C(=O)O)nc3c2)cc1. The Morgan fingerprint density at radius 2 is 1.67 bits per heavy atom. The summed E-state index contributed by atoms with van der Waals surface area (Å²) in [4.78, 5) is 32.9. The van der Waals surface area contributed by atoms with Gasteiger partial charge in [0.15, 0.2) is 0 Å². The van der Waals surface area contributed by atoms with Crippen molar-refractivity contribution in [3.8, 4) is 11.3 Å². The van der Waals surface area contributed by atoms with Gasteiger partial charge in [-0.05, 0) is 43.5 Å². The summed E-state index contributed by atoms with van der Waals surface area (Å²) in [6.45, 7) is 2.37. The maximum atomic E-state index is 13.6. The molecule has 184 valence electrons. The third-order valence-corrected chi connectivity index (χ3v) is 5.84. The van der Waals surface area contributed by atoms with Crippen LogP contribution in [0, 0.1) is 6.92 Å². The van der Waals surface area contributed by atoms with Gasteiger partial charge in [0.2, 0.25) is 0 Å². The number of nitrogens with one attached hydrogen (secondary N) is 1. The average Bonchev–Trinajstić information content (AvgIpc) is 2.87. The molecule has 0 aliphatic rings. The number of carboxylic acids is 1. The van der Waals surface area contributed by atoms with Crippen LogP contribution in [0.1, 0.15) is 40.0 Å². The van der Waals surface area contributed by atoms with Crippen LogP contribution in [-0.4, -0.2) is 32.9 Å². The van der Waals surface area contributed by atoms with Gasteiger partial charge in [-0.3, -0.25) is 4.79 Å². The van der Waals surface area contributed by atoms with Crippen LogP contribution in [-0.2, 0) is 17.8 Å². The summed E-state index contributed by atoms with van der Waals surface area (Å²) in [5.41, 5.74) is 5.30. The molecule has 0 atom stereocenters. The number of hydrogen-bond donors (Lipinski definition) is 2. The van der Waals surface area contributed by atoms with E-state index in [1.807, 2.05) is 61.5 Å². The van der Waals surface area contributed by atoms with Crippen LogP contribution >= 0.6 is 0 Å². The summed E-state index contributed by atoms with van der Waals surface area (Å²) in [7, 11) is 0. The smallest absolute Gasteiger partial charge is 0.374 e. The van der Waals surface area contributed by atoms with Gasteiger partial charge in [-0.25, -0.2) is 14.8 Å². The van der Waals surface area contributed by atoms with Crippen molar-refractivity contribution in [1.82, 2.24) is 15.3 Å². The number of carbonyl (C=O) groups excluding carboxylic acids is 1. The summed E-state index contributed by atoms with van der Waals surface area (Å²) < 4.78 is 27.2. The molecule has 1 heterocycles. The van der Waals surface area contributed by atoms with E-state index in [9.17, 15) is 18.4 Å². The zero-order valence-corrected chi connectivity index (χ0v) is 19.7. The molecule has 0 aliphatic heterocycles. The Bertz CT molecular complexity index is 1390. The van der Waals surface area contributed by atoms with E-state index in [1.54, 1.807) is 18.2 Å². The van der Waals surface area contributed by atoms with E-state index in [1.165, 1.54) is 0 Å². The number of benzene rings is 3. The van der Waals surface area contributed by atoms with Crippen LogP contribution in [0.3, 0.4) is 0 Å². The fourth-order valence-electron chi connectivity index (χ4n) is 3.81. The lowest BCUT2D eigenvalue weighted by molar-refractivity contribution is -0.165. The van der Waals surface area contributed by atoms with Crippen molar-refractivity contribution in [3.63, 3.8) is 0 Å². The topological polar surface area (TPSA) is 92.2 Å². The Morgan fingerprint density at radius 3 is 2.36 bits per heavy atom. The molecule has 4 rings (SSSR count). The lowest BCUT2D eigenvalue weighted by atomic mass is 10.0. The standard InChI is InChI=1S/C28H25F2N3O3/c1-18-9-11-19(12-10-18)17-31-26(34)21-13-14-22-24(16-21)32-23(8-5-15-28(29,30)27(35)36)25(33-22)20-6-3-2-4-7-20/h2-4,6-7,9-14,16H,5,8,15,17H2,1H3,(H,31,34)(H,35,36). The van der Waals surface area contributed by atoms with E-state index in [2.05, 4.69) is 10.3 Å². The van der Waals surface area contributed by atoms with Gasteiger partial charge in [0.1, 0.15) is 0 Å². The van der Waals surface area contributed by atoms with Crippen molar-refractivity contribution >= 4 is 22.9 Å². The van der Waals surface area contributed by atoms with Gasteiger partial charge >= 0.3 is 11.9 Å². The predicted molar refractivity (Wildman–Crippen MR) is 133 cm³/mol. The van der Waals surface area contributed by atoms with Gasteiger partial charge in [-0.15, -0.1) is 0 Å². The van der Waals surface area contributed by atoms with Crippen LogP contribution in [0.4, 0.5) is 8.78 Å². The van der Waals surface area contributed by atoms with E-state index in [0.717, 1.165) is 16.7 Å². The number of aliphatic carboxylic acids is 1. The number of hydrogen-bond acceptors (Lipinski definition) is 4. The van der Waals surface area contributed by atoms with Crippen molar-refractivity contribution in [3.05, 3.63) is 95.2 Å². The molecule has 36 heavy (non-hydrogen) atoms. The maximum Gasteiger partial charge on any atom is 0.374 e. The molecule has 8 heteroatoms. The quantitative estimate of drug-likeness (QED) is 0.320. The summed E-state index contributed by atoms with van der Waals surface area (Å²) in [6.07, 6.45) is -0.784. The first kappa shape index (κ1) is 24.9. The van der Waals surface area contributed by atoms with E-state index in [0.29, 0.717) is 34.5 Å².